The lowest BCUT2D eigenvalue weighted by Crippen LogP contribution is -1.82. The Bertz CT molecular complexity index is 424. The van der Waals surface area contributed by atoms with E-state index in [0.717, 1.165) is 5.56 Å². The molecule has 0 saturated carbocycles. The molecule has 0 saturated heterocycles. The number of aryl methyl sites for hydroxylation is 2. The molecule has 2 aromatic rings. The summed E-state index contributed by atoms with van der Waals surface area (Å²) in [6, 6.07) is 10.2. The van der Waals surface area contributed by atoms with Gasteiger partial charge in [0, 0.05) is 18.0 Å². The van der Waals surface area contributed by atoms with Gasteiger partial charge in [-0.2, -0.15) is 0 Å². The second-order valence-corrected chi connectivity index (χ2v) is 3.74. The van der Waals surface area contributed by atoms with Crippen LogP contribution in [0.1, 0.15) is 37.0 Å². The number of hydrogen-bond donors (Lipinski definition) is 0. The smallest absolute Gasteiger partial charge is 0.263 e. The Balaban J connectivity index is 0.000000316. The first kappa shape index (κ1) is 17.2. The van der Waals surface area contributed by atoms with Gasteiger partial charge in [-0.3, -0.25) is 4.98 Å². The second-order valence-electron chi connectivity index (χ2n) is 3.74. The molecule has 0 fully saturated rings. The first-order valence-electron chi connectivity index (χ1n) is 6.31. The molecule has 2 rings (SSSR count). The van der Waals surface area contributed by atoms with Crippen molar-refractivity contribution in [2.45, 2.75) is 34.1 Å². The van der Waals surface area contributed by atoms with E-state index < -0.39 is 6.43 Å². The van der Waals surface area contributed by atoms with Gasteiger partial charge in [-0.1, -0.05) is 43.7 Å². The van der Waals surface area contributed by atoms with Crippen molar-refractivity contribution in [2.24, 2.45) is 0 Å². The maximum Gasteiger partial charge on any atom is 0.263 e. The largest absolute Gasteiger partial charge is 0.265 e. The third kappa shape index (κ3) is 8.03. The number of halogens is 2. The molecule has 1 aromatic carbocycles. The van der Waals surface area contributed by atoms with Crippen LogP contribution in [0.3, 0.4) is 0 Å². The van der Waals surface area contributed by atoms with Gasteiger partial charge in [-0.25, -0.2) is 8.78 Å². The maximum absolute atomic E-state index is 11.9. The van der Waals surface area contributed by atoms with E-state index in [-0.39, 0.29) is 5.56 Å². The molecular weight excluding hydrogens is 244 g/mol. The van der Waals surface area contributed by atoms with Crippen LogP contribution in [0.2, 0.25) is 0 Å². The Morgan fingerprint density at radius 3 is 1.53 bits per heavy atom. The minimum atomic E-state index is -2.35. The molecule has 0 spiro atoms. The number of pyridine rings is 1. The van der Waals surface area contributed by atoms with Crippen molar-refractivity contribution in [3.05, 3.63) is 65.5 Å². The van der Waals surface area contributed by atoms with Crippen molar-refractivity contribution in [3.63, 3.8) is 0 Å². The molecule has 0 N–H and O–H groups in total. The van der Waals surface area contributed by atoms with Crippen molar-refractivity contribution in [2.75, 3.05) is 0 Å². The second kappa shape index (κ2) is 10.2. The van der Waals surface area contributed by atoms with Crippen LogP contribution in [-0.4, -0.2) is 4.98 Å². The quantitative estimate of drug-likeness (QED) is 0.677. The lowest BCUT2D eigenvalue weighted by atomic mass is 10.2. The van der Waals surface area contributed by atoms with Gasteiger partial charge in [-0.15, -0.1) is 0 Å². The molecule has 0 amide bonds. The van der Waals surface area contributed by atoms with Crippen LogP contribution in [0.5, 0.6) is 0 Å². The van der Waals surface area contributed by atoms with Gasteiger partial charge >= 0.3 is 0 Å². The van der Waals surface area contributed by atoms with Crippen LogP contribution in [0.15, 0.2) is 48.8 Å². The molecular formula is C16H21F2N. The number of benzene rings is 1. The highest BCUT2D eigenvalue weighted by atomic mass is 19.3. The molecule has 0 atom stereocenters. The summed E-state index contributed by atoms with van der Waals surface area (Å²) in [6.45, 7) is 7.91. The molecule has 1 heterocycles. The van der Waals surface area contributed by atoms with Gasteiger partial charge in [0.25, 0.3) is 6.43 Å². The predicted molar refractivity (Wildman–Crippen MR) is 76.5 cm³/mol. The number of hydrogen-bond acceptors (Lipinski definition) is 1. The van der Waals surface area contributed by atoms with Crippen LogP contribution in [0, 0.1) is 13.8 Å². The zero-order chi connectivity index (χ0) is 14.7. The standard InChI is InChI=1S/C8H8F2.C6H7N.C2H6/c1-6-2-4-7(5-3-6)8(9)10;1-6-2-4-7-5-3-6;1-2/h2-5,8H,1H3;2-5H,1H3;1-2H3. The van der Waals surface area contributed by atoms with E-state index in [2.05, 4.69) is 4.98 Å². The van der Waals surface area contributed by atoms with Gasteiger partial charge < -0.3 is 0 Å². The summed E-state index contributed by atoms with van der Waals surface area (Å²) in [5.41, 5.74) is 2.35. The topological polar surface area (TPSA) is 12.9 Å². The average Bonchev–Trinajstić information content (AvgIpc) is 2.43. The molecule has 0 radical (unpaired) electrons. The number of alkyl halides is 2. The summed E-state index contributed by atoms with van der Waals surface area (Å²) >= 11 is 0. The van der Waals surface area contributed by atoms with Crippen LogP contribution in [-0.2, 0) is 0 Å². The van der Waals surface area contributed by atoms with Crippen molar-refractivity contribution < 1.29 is 8.78 Å². The van der Waals surface area contributed by atoms with E-state index in [0.29, 0.717) is 0 Å². The molecule has 104 valence electrons. The number of rotatable bonds is 1. The Morgan fingerprint density at radius 2 is 1.21 bits per heavy atom. The molecule has 1 aromatic heterocycles. The molecule has 19 heavy (non-hydrogen) atoms. The molecule has 0 aliphatic rings. The van der Waals surface area contributed by atoms with Crippen LogP contribution >= 0.6 is 0 Å². The Kier molecular flexibility index (Phi) is 9.23. The minimum absolute atomic E-state index is 0.0885. The molecule has 0 aliphatic heterocycles. The van der Waals surface area contributed by atoms with Crippen molar-refractivity contribution in [3.8, 4) is 0 Å². The van der Waals surface area contributed by atoms with Gasteiger partial charge in [0.05, 0.1) is 0 Å². The first-order chi connectivity index (χ1) is 9.09. The summed E-state index contributed by atoms with van der Waals surface area (Å²) in [5.74, 6) is 0. The zero-order valence-corrected chi connectivity index (χ0v) is 11.9. The van der Waals surface area contributed by atoms with Crippen LogP contribution < -0.4 is 0 Å². The highest BCUT2D eigenvalue weighted by Crippen LogP contribution is 2.17. The molecule has 0 aliphatic carbocycles. The first-order valence-corrected chi connectivity index (χ1v) is 6.31. The van der Waals surface area contributed by atoms with E-state index in [1.807, 2.05) is 39.8 Å². The van der Waals surface area contributed by atoms with E-state index in [4.69, 9.17) is 0 Å². The van der Waals surface area contributed by atoms with E-state index >= 15 is 0 Å². The third-order valence-corrected chi connectivity index (χ3v) is 2.18. The highest BCUT2D eigenvalue weighted by Gasteiger charge is 2.03. The average molecular weight is 265 g/mol. The Labute approximate surface area is 114 Å². The molecule has 3 heteroatoms. The SMILES string of the molecule is CC.Cc1ccc(C(F)F)cc1.Cc1ccncc1. The minimum Gasteiger partial charge on any atom is -0.265 e. The van der Waals surface area contributed by atoms with Crippen LogP contribution in [0.25, 0.3) is 0 Å². The lowest BCUT2D eigenvalue weighted by molar-refractivity contribution is 0.151. The van der Waals surface area contributed by atoms with Crippen molar-refractivity contribution >= 4 is 0 Å². The van der Waals surface area contributed by atoms with Crippen molar-refractivity contribution in [1.29, 1.82) is 0 Å². The zero-order valence-electron chi connectivity index (χ0n) is 11.9. The normalized spacial score (nSPS) is 9.00. The summed E-state index contributed by atoms with van der Waals surface area (Å²) in [5, 5.41) is 0. The molecule has 0 unspecified atom stereocenters. The maximum atomic E-state index is 11.9. The predicted octanol–water partition coefficient (Wildman–Crippen LogP) is 5.35. The summed E-state index contributed by atoms with van der Waals surface area (Å²) < 4.78 is 23.8. The fourth-order valence-corrected chi connectivity index (χ4v) is 1.14. The molecule has 1 nitrogen and oxygen atoms in total. The highest BCUT2D eigenvalue weighted by molar-refractivity contribution is 5.21. The Hall–Kier alpha value is -1.77. The monoisotopic (exact) mass is 265 g/mol. The lowest BCUT2D eigenvalue weighted by Gasteiger charge is -1.97. The fourth-order valence-electron chi connectivity index (χ4n) is 1.14. The Morgan fingerprint density at radius 1 is 0.789 bits per heavy atom. The summed E-state index contributed by atoms with van der Waals surface area (Å²) in [4.78, 5) is 3.85. The van der Waals surface area contributed by atoms with Crippen molar-refractivity contribution in [1.82, 2.24) is 4.98 Å². The molecule has 0 bridgehead atoms. The van der Waals surface area contributed by atoms with Gasteiger partial charge in [0.2, 0.25) is 0 Å². The number of aromatic nitrogens is 1. The van der Waals surface area contributed by atoms with E-state index in [1.165, 1.54) is 17.7 Å². The van der Waals surface area contributed by atoms with Gasteiger partial charge in [-0.05, 0) is 31.5 Å². The summed E-state index contributed by atoms with van der Waals surface area (Å²) in [7, 11) is 0. The van der Waals surface area contributed by atoms with E-state index in [9.17, 15) is 8.78 Å². The number of nitrogens with zero attached hydrogens (tertiary/aromatic N) is 1. The van der Waals surface area contributed by atoms with E-state index in [1.54, 1.807) is 24.5 Å². The summed E-state index contributed by atoms with van der Waals surface area (Å²) in [6.07, 6.45) is 1.23. The third-order valence-electron chi connectivity index (χ3n) is 2.18. The van der Waals surface area contributed by atoms with Crippen LogP contribution in [0.4, 0.5) is 8.78 Å². The fraction of sp³-hybridized carbons (Fsp3) is 0.312. The van der Waals surface area contributed by atoms with Gasteiger partial charge in [0.1, 0.15) is 0 Å². The van der Waals surface area contributed by atoms with Gasteiger partial charge in [0.15, 0.2) is 0 Å².